The zero-order chi connectivity index (χ0) is 21.5. The van der Waals surface area contributed by atoms with Crippen LogP contribution < -0.4 is 15.8 Å². The van der Waals surface area contributed by atoms with Crippen LogP contribution in [0.3, 0.4) is 0 Å². The van der Waals surface area contributed by atoms with Gasteiger partial charge in [0.1, 0.15) is 23.4 Å². The number of ether oxygens (including phenoxy) is 1. The van der Waals surface area contributed by atoms with Crippen LogP contribution in [-0.2, 0) is 11.2 Å². The second-order valence-electron chi connectivity index (χ2n) is 6.62. The van der Waals surface area contributed by atoms with E-state index >= 15 is 0 Å². The van der Waals surface area contributed by atoms with E-state index < -0.39 is 17.9 Å². The molecule has 0 saturated heterocycles. The fraction of sp³-hybridized carbons (Fsp3) is 0.0870. The van der Waals surface area contributed by atoms with Gasteiger partial charge in [0.25, 0.3) is 5.91 Å². The lowest BCUT2D eigenvalue weighted by Gasteiger charge is -2.15. The summed E-state index contributed by atoms with van der Waals surface area (Å²) in [4.78, 5) is 24.2. The summed E-state index contributed by atoms with van der Waals surface area (Å²) in [5.41, 5.74) is 6.88. The summed E-state index contributed by atoms with van der Waals surface area (Å²) in [7, 11) is 0. The van der Waals surface area contributed by atoms with Gasteiger partial charge in [0, 0.05) is 17.5 Å². The summed E-state index contributed by atoms with van der Waals surface area (Å²) in [5, 5.41) is 19.5. The molecule has 0 aliphatic rings. The Kier molecular flexibility index (Phi) is 6.44. The first-order valence-corrected chi connectivity index (χ1v) is 9.22. The first-order valence-electron chi connectivity index (χ1n) is 9.22. The smallest absolute Gasteiger partial charge is 0.326 e. The molecule has 152 valence electrons. The van der Waals surface area contributed by atoms with Crippen LogP contribution in [0.25, 0.3) is 0 Å². The Hall–Kier alpha value is -4.13. The topological polar surface area (TPSA) is 126 Å². The van der Waals surface area contributed by atoms with E-state index in [0.29, 0.717) is 22.6 Å². The Morgan fingerprint density at radius 3 is 2.20 bits per heavy atom. The standard InChI is InChI=1S/C23H21N3O4/c24-21(25)16-9-11-17(12-10-16)22(27)26-20(23(28)29)14-15-5-4-8-19(13-15)30-18-6-2-1-3-7-18/h1-13,20H,14H2,(H3,24,25)(H,26,27)(H,28,29). The number of carboxylic acids is 1. The molecule has 0 aliphatic carbocycles. The number of nitrogens with two attached hydrogens (primary N) is 1. The zero-order valence-corrected chi connectivity index (χ0v) is 16.0. The molecule has 30 heavy (non-hydrogen) atoms. The average molecular weight is 403 g/mol. The Morgan fingerprint density at radius 2 is 1.57 bits per heavy atom. The van der Waals surface area contributed by atoms with Crippen LogP contribution >= 0.6 is 0 Å². The van der Waals surface area contributed by atoms with Gasteiger partial charge in [-0.15, -0.1) is 0 Å². The molecule has 7 heteroatoms. The molecule has 0 spiro atoms. The second kappa shape index (κ2) is 9.38. The molecule has 3 aromatic rings. The number of carbonyl (C=O) groups excluding carboxylic acids is 1. The Labute approximate surface area is 173 Å². The van der Waals surface area contributed by atoms with Crippen molar-refractivity contribution in [1.29, 1.82) is 5.41 Å². The van der Waals surface area contributed by atoms with Crippen LogP contribution in [0.1, 0.15) is 21.5 Å². The van der Waals surface area contributed by atoms with Crippen LogP contribution in [0.2, 0.25) is 0 Å². The quantitative estimate of drug-likeness (QED) is 0.339. The summed E-state index contributed by atoms with van der Waals surface area (Å²) in [6, 6.07) is 21.3. The number of carboxylic acid groups (broad SMARTS) is 1. The van der Waals surface area contributed by atoms with E-state index in [2.05, 4.69) is 5.32 Å². The number of para-hydroxylation sites is 1. The predicted molar refractivity (Wildman–Crippen MR) is 113 cm³/mol. The molecule has 0 aliphatic heterocycles. The van der Waals surface area contributed by atoms with Gasteiger partial charge >= 0.3 is 5.97 Å². The third-order valence-electron chi connectivity index (χ3n) is 4.38. The molecule has 0 aromatic heterocycles. The largest absolute Gasteiger partial charge is 0.480 e. The van der Waals surface area contributed by atoms with Crippen molar-refractivity contribution in [2.45, 2.75) is 12.5 Å². The van der Waals surface area contributed by atoms with Gasteiger partial charge in [0.2, 0.25) is 0 Å². The number of hydrogen-bond donors (Lipinski definition) is 4. The van der Waals surface area contributed by atoms with Crippen molar-refractivity contribution in [2.75, 3.05) is 0 Å². The van der Waals surface area contributed by atoms with Crippen LogP contribution in [0.15, 0.2) is 78.9 Å². The average Bonchev–Trinajstić information content (AvgIpc) is 2.74. The van der Waals surface area contributed by atoms with Crippen molar-refractivity contribution < 1.29 is 19.4 Å². The molecule has 0 saturated carbocycles. The number of rotatable bonds is 8. The fourth-order valence-electron chi connectivity index (χ4n) is 2.84. The van der Waals surface area contributed by atoms with Gasteiger partial charge in [-0.3, -0.25) is 10.2 Å². The number of aliphatic carboxylic acids is 1. The van der Waals surface area contributed by atoms with E-state index in [4.69, 9.17) is 15.9 Å². The molecule has 0 heterocycles. The van der Waals surface area contributed by atoms with Crippen LogP contribution in [0, 0.1) is 5.41 Å². The minimum Gasteiger partial charge on any atom is -0.480 e. The van der Waals surface area contributed by atoms with Crippen molar-refractivity contribution in [2.24, 2.45) is 5.73 Å². The Bertz CT molecular complexity index is 1050. The van der Waals surface area contributed by atoms with Crippen molar-refractivity contribution in [3.05, 3.63) is 95.6 Å². The summed E-state index contributed by atoms with van der Waals surface area (Å²) in [6.45, 7) is 0. The molecule has 5 N–H and O–H groups in total. The van der Waals surface area contributed by atoms with Crippen molar-refractivity contribution >= 4 is 17.7 Å². The highest BCUT2D eigenvalue weighted by molar-refractivity contribution is 5.99. The molecule has 7 nitrogen and oxygen atoms in total. The van der Waals surface area contributed by atoms with Crippen molar-refractivity contribution in [1.82, 2.24) is 5.32 Å². The number of amidine groups is 1. The highest BCUT2D eigenvalue weighted by atomic mass is 16.5. The van der Waals surface area contributed by atoms with Crippen molar-refractivity contribution in [3.63, 3.8) is 0 Å². The number of nitrogen functional groups attached to an aromatic ring is 1. The van der Waals surface area contributed by atoms with E-state index in [1.165, 1.54) is 24.3 Å². The number of benzene rings is 3. The van der Waals surface area contributed by atoms with Crippen molar-refractivity contribution in [3.8, 4) is 11.5 Å². The normalized spacial score (nSPS) is 11.3. The molecule has 3 rings (SSSR count). The van der Waals surface area contributed by atoms with Crippen LogP contribution in [-0.4, -0.2) is 28.9 Å². The SMILES string of the molecule is N=C(N)c1ccc(C(=O)NC(Cc2cccc(Oc3ccccc3)c2)C(=O)O)cc1. The van der Waals surface area contributed by atoms with E-state index in [1.807, 2.05) is 30.3 Å². The van der Waals surface area contributed by atoms with Gasteiger partial charge in [0.05, 0.1) is 0 Å². The fourth-order valence-corrected chi connectivity index (χ4v) is 2.84. The Morgan fingerprint density at radius 1 is 0.933 bits per heavy atom. The summed E-state index contributed by atoms with van der Waals surface area (Å²) in [6.07, 6.45) is 0.0958. The molecule has 3 aromatic carbocycles. The summed E-state index contributed by atoms with van der Waals surface area (Å²) < 4.78 is 5.78. The summed E-state index contributed by atoms with van der Waals surface area (Å²) in [5.74, 6) is -0.518. The maximum Gasteiger partial charge on any atom is 0.326 e. The molecule has 1 atom stereocenters. The molecule has 0 fully saturated rings. The molecule has 0 bridgehead atoms. The van der Waals surface area contributed by atoms with E-state index in [-0.39, 0.29) is 17.8 Å². The van der Waals surface area contributed by atoms with Crippen LogP contribution in [0.4, 0.5) is 0 Å². The minimum atomic E-state index is -1.14. The molecule has 1 amide bonds. The highest BCUT2D eigenvalue weighted by Crippen LogP contribution is 2.22. The third kappa shape index (κ3) is 5.45. The second-order valence-corrected chi connectivity index (χ2v) is 6.62. The van der Waals surface area contributed by atoms with Gasteiger partial charge in [-0.2, -0.15) is 0 Å². The van der Waals surface area contributed by atoms with E-state index in [0.717, 1.165) is 0 Å². The van der Waals surface area contributed by atoms with Gasteiger partial charge in [0.15, 0.2) is 0 Å². The molecular formula is C23H21N3O4. The van der Waals surface area contributed by atoms with Gasteiger partial charge in [-0.1, -0.05) is 42.5 Å². The number of nitrogens with one attached hydrogen (secondary N) is 2. The zero-order valence-electron chi connectivity index (χ0n) is 16.0. The lowest BCUT2D eigenvalue weighted by atomic mass is 10.0. The highest BCUT2D eigenvalue weighted by Gasteiger charge is 2.21. The molecule has 0 radical (unpaired) electrons. The number of hydrogen-bond acceptors (Lipinski definition) is 4. The predicted octanol–water partition coefficient (Wildman–Crippen LogP) is 3.19. The number of carbonyl (C=O) groups is 2. The van der Waals surface area contributed by atoms with Gasteiger partial charge in [-0.05, 0) is 42.0 Å². The van der Waals surface area contributed by atoms with Crippen LogP contribution in [0.5, 0.6) is 11.5 Å². The Balaban J connectivity index is 1.69. The first kappa shape index (κ1) is 20.6. The molecule has 1 unspecified atom stereocenters. The molecular weight excluding hydrogens is 382 g/mol. The summed E-state index contributed by atoms with van der Waals surface area (Å²) >= 11 is 0. The third-order valence-corrected chi connectivity index (χ3v) is 4.38. The number of amides is 1. The lowest BCUT2D eigenvalue weighted by molar-refractivity contribution is -0.139. The van der Waals surface area contributed by atoms with E-state index in [9.17, 15) is 14.7 Å². The maximum absolute atomic E-state index is 12.5. The van der Waals surface area contributed by atoms with E-state index in [1.54, 1.807) is 24.3 Å². The van der Waals surface area contributed by atoms with Gasteiger partial charge in [-0.25, -0.2) is 4.79 Å². The lowest BCUT2D eigenvalue weighted by Crippen LogP contribution is -2.42. The maximum atomic E-state index is 12.5. The first-order chi connectivity index (χ1) is 14.4. The minimum absolute atomic E-state index is 0.0958. The monoisotopic (exact) mass is 403 g/mol. The van der Waals surface area contributed by atoms with Gasteiger partial charge < -0.3 is 20.9 Å².